The first-order chi connectivity index (χ1) is 10.9. The van der Waals surface area contributed by atoms with E-state index in [1.54, 1.807) is 0 Å². The van der Waals surface area contributed by atoms with Crippen molar-refractivity contribution in [1.82, 2.24) is 4.90 Å². The Kier molecular flexibility index (Phi) is 5.77. The van der Waals surface area contributed by atoms with E-state index in [2.05, 4.69) is 0 Å². The molecule has 0 saturated carbocycles. The van der Waals surface area contributed by atoms with Gasteiger partial charge in [0.15, 0.2) is 0 Å². The molecule has 1 aromatic carbocycles. The molecular formula is C18H25NO4. The van der Waals surface area contributed by atoms with Crippen molar-refractivity contribution in [2.45, 2.75) is 58.0 Å². The van der Waals surface area contributed by atoms with Gasteiger partial charge >= 0.3 is 6.09 Å². The molecule has 23 heavy (non-hydrogen) atoms. The van der Waals surface area contributed by atoms with Gasteiger partial charge in [-0.3, -0.25) is 4.90 Å². The van der Waals surface area contributed by atoms with Crippen molar-refractivity contribution in [3.8, 4) is 0 Å². The van der Waals surface area contributed by atoms with Crippen molar-refractivity contribution in [1.29, 1.82) is 0 Å². The molecule has 1 amide bonds. The maximum Gasteiger partial charge on any atom is 0.410 e. The van der Waals surface area contributed by atoms with Crippen LogP contribution in [0.1, 0.15) is 39.2 Å². The van der Waals surface area contributed by atoms with Crippen molar-refractivity contribution in [3.05, 3.63) is 35.9 Å². The van der Waals surface area contributed by atoms with Gasteiger partial charge in [0.05, 0.1) is 25.3 Å². The van der Waals surface area contributed by atoms with Gasteiger partial charge in [0.25, 0.3) is 0 Å². The largest absolute Gasteiger partial charge is 0.444 e. The predicted octanol–water partition coefficient (Wildman–Crippen LogP) is 3.17. The van der Waals surface area contributed by atoms with E-state index in [0.717, 1.165) is 18.3 Å². The molecule has 0 aliphatic carbocycles. The Bertz CT molecular complexity index is 524. The highest BCUT2D eigenvalue weighted by Crippen LogP contribution is 2.22. The SMILES string of the molecule is CC(C)(C)OC(=O)N1C[C@H](OCc2ccccc2)CC[C@@H]1C=O. The van der Waals surface area contributed by atoms with Crippen LogP contribution in [-0.4, -0.2) is 41.6 Å². The zero-order valence-electron chi connectivity index (χ0n) is 14.0. The van der Waals surface area contributed by atoms with Crippen LogP contribution in [0.5, 0.6) is 0 Å². The van der Waals surface area contributed by atoms with Crippen LogP contribution in [0.3, 0.4) is 0 Å². The fourth-order valence-electron chi connectivity index (χ4n) is 2.55. The highest BCUT2D eigenvalue weighted by molar-refractivity contribution is 5.74. The Balaban J connectivity index is 1.94. The number of aldehydes is 1. The average molecular weight is 319 g/mol. The van der Waals surface area contributed by atoms with E-state index in [9.17, 15) is 9.59 Å². The van der Waals surface area contributed by atoms with Gasteiger partial charge in [-0.15, -0.1) is 0 Å². The molecule has 2 atom stereocenters. The monoisotopic (exact) mass is 319 g/mol. The Labute approximate surface area is 137 Å². The maximum atomic E-state index is 12.3. The molecular weight excluding hydrogens is 294 g/mol. The van der Waals surface area contributed by atoms with E-state index in [4.69, 9.17) is 9.47 Å². The van der Waals surface area contributed by atoms with Crippen molar-refractivity contribution in [3.63, 3.8) is 0 Å². The summed E-state index contributed by atoms with van der Waals surface area (Å²) in [5.41, 5.74) is 0.511. The Morgan fingerprint density at radius 2 is 1.96 bits per heavy atom. The van der Waals surface area contributed by atoms with Gasteiger partial charge in [-0.1, -0.05) is 30.3 Å². The third-order valence-electron chi connectivity index (χ3n) is 3.70. The molecule has 1 saturated heterocycles. The smallest absolute Gasteiger partial charge is 0.410 e. The summed E-state index contributed by atoms with van der Waals surface area (Å²) in [6.45, 7) is 6.32. The van der Waals surface area contributed by atoms with Crippen LogP contribution in [0.4, 0.5) is 4.79 Å². The van der Waals surface area contributed by atoms with E-state index in [1.807, 2.05) is 51.1 Å². The molecule has 0 radical (unpaired) electrons. The number of ether oxygens (including phenoxy) is 2. The van der Waals surface area contributed by atoms with Gasteiger partial charge in [-0.2, -0.15) is 0 Å². The van der Waals surface area contributed by atoms with Crippen LogP contribution in [0.25, 0.3) is 0 Å². The molecule has 1 fully saturated rings. The van der Waals surface area contributed by atoms with Crippen LogP contribution in [0, 0.1) is 0 Å². The average Bonchev–Trinajstić information content (AvgIpc) is 2.52. The molecule has 0 bridgehead atoms. The lowest BCUT2D eigenvalue weighted by molar-refractivity contribution is -0.116. The summed E-state index contributed by atoms with van der Waals surface area (Å²) in [5, 5.41) is 0. The molecule has 0 spiro atoms. The van der Waals surface area contributed by atoms with Gasteiger partial charge < -0.3 is 14.3 Å². The maximum absolute atomic E-state index is 12.3. The molecule has 0 unspecified atom stereocenters. The number of nitrogens with zero attached hydrogens (tertiary/aromatic N) is 1. The van der Waals surface area contributed by atoms with Crippen LogP contribution >= 0.6 is 0 Å². The van der Waals surface area contributed by atoms with Crippen LogP contribution in [0.2, 0.25) is 0 Å². The molecule has 5 heteroatoms. The third-order valence-corrected chi connectivity index (χ3v) is 3.70. The Morgan fingerprint density at radius 3 is 2.57 bits per heavy atom. The summed E-state index contributed by atoms with van der Waals surface area (Å²) in [6, 6.07) is 9.47. The number of amides is 1. The van der Waals surface area contributed by atoms with Crippen molar-refractivity contribution in [2.75, 3.05) is 6.54 Å². The number of rotatable bonds is 4. The third kappa shape index (κ3) is 5.36. The molecule has 1 aliphatic heterocycles. The Morgan fingerprint density at radius 1 is 1.26 bits per heavy atom. The number of likely N-dealkylation sites (tertiary alicyclic amines) is 1. The summed E-state index contributed by atoms with van der Waals surface area (Å²) in [5.74, 6) is 0. The number of carbonyl (C=O) groups is 2. The molecule has 0 N–H and O–H groups in total. The van der Waals surface area contributed by atoms with Gasteiger partial charge in [0, 0.05) is 0 Å². The number of benzene rings is 1. The topological polar surface area (TPSA) is 55.8 Å². The standard InChI is InChI=1S/C18H25NO4/c1-18(2,3)23-17(21)19-11-16(10-9-15(19)12-20)22-13-14-7-5-4-6-8-14/h4-8,12,15-16H,9-11,13H2,1-3H3/t15-,16-/m1/s1. The molecule has 1 aromatic rings. The quantitative estimate of drug-likeness (QED) is 0.800. The molecule has 5 nitrogen and oxygen atoms in total. The fourth-order valence-corrected chi connectivity index (χ4v) is 2.55. The van der Waals surface area contributed by atoms with E-state index >= 15 is 0 Å². The van der Waals surface area contributed by atoms with E-state index in [-0.39, 0.29) is 6.10 Å². The molecule has 2 rings (SSSR count). The first-order valence-corrected chi connectivity index (χ1v) is 7.99. The Hall–Kier alpha value is -1.88. The van der Waals surface area contributed by atoms with Crippen LogP contribution < -0.4 is 0 Å². The predicted molar refractivity (Wildman–Crippen MR) is 87.0 cm³/mol. The zero-order valence-corrected chi connectivity index (χ0v) is 14.0. The minimum atomic E-state index is -0.581. The highest BCUT2D eigenvalue weighted by Gasteiger charge is 2.34. The lowest BCUT2D eigenvalue weighted by Gasteiger charge is -2.37. The summed E-state index contributed by atoms with van der Waals surface area (Å²) in [6.07, 6.45) is 1.64. The first-order valence-electron chi connectivity index (χ1n) is 7.99. The zero-order chi connectivity index (χ0) is 16.9. The van der Waals surface area contributed by atoms with E-state index in [0.29, 0.717) is 19.6 Å². The highest BCUT2D eigenvalue weighted by atomic mass is 16.6. The fraction of sp³-hybridized carbons (Fsp3) is 0.556. The van der Waals surface area contributed by atoms with Gasteiger partial charge in [-0.25, -0.2) is 4.79 Å². The van der Waals surface area contributed by atoms with Gasteiger partial charge in [0.2, 0.25) is 0 Å². The summed E-state index contributed by atoms with van der Waals surface area (Å²) < 4.78 is 11.3. The minimum absolute atomic E-state index is 0.0843. The summed E-state index contributed by atoms with van der Waals surface area (Å²) in [4.78, 5) is 25.0. The second-order valence-electron chi connectivity index (χ2n) is 6.83. The van der Waals surface area contributed by atoms with Gasteiger partial charge in [0.1, 0.15) is 11.9 Å². The number of piperidine rings is 1. The molecule has 1 heterocycles. The normalized spacial score (nSPS) is 21.8. The first kappa shape index (κ1) is 17.5. The lowest BCUT2D eigenvalue weighted by atomic mass is 10.0. The summed E-state index contributed by atoms with van der Waals surface area (Å²) in [7, 11) is 0. The van der Waals surface area contributed by atoms with Crippen LogP contribution in [-0.2, 0) is 20.9 Å². The van der Waals surface area contributed by atoms with Crippen molar-refractivity contribution in [2.24, 2.45) is 0 Å². The molecule has 126 valence electrons. The van der Waals surface area contributed by atoms with Crippen molar-refractivity contribution < 1.29 is 19.1 Å². The van der Waals surface area contributed by atoms with Gasteiger partial charge in [-0.05, 0) is 39.2 Å². The second-order valence-corrected chi connectivity index (χ2v) is 6.83. The lowest BCUT2D eigenvalue weighted by Crippen LogP contribution is -2.51. The number of carbonyl (C=O) groups excluding carboxylic acids is 2. The van der Waals surface area contributed by atoms with Crippen LogP contribution in [0.15, 0.2) is 30.3 Å². The number of hydrogen-bond donors (Lipinski definition) is 0. The van der Waals surface area contributed by atoms with Crippen molar-refractivity contribution >= 4 is 12.4 Å². The van der Waals surface area contributed by atoms with E-state index in [1.165, 1.54) is 4.90 Å². The molecule has 1 aliphatic rings. The van der Waals surface area contributed by atoms with E-state index < -0.39 is 17.7 Å². The minimum Gasteiger partial charge on any atom is -0.444 e. The molecule has 0 aromatic heterocycles. The summed E-state index contributed by atoms with van der Waals surface area (Å²) >= 11 is 0. The second kappa shape index (κ2) is 7.59. The number of hydrogen-bond acceptors (Lipinski definition) is 4.